The Balaban J connectivity index is 2.29. The van der Waals surface area contributed by atoms with Crippen LogP contribution in [0.1, 0.15) is 36.9 Å². The van der Waals surface area contributed by atoms with E-state index in [1.54, 1.807) is 0 Å². The zero-order valence-electron chi connectivity index (χ0n) is 10.7. The Kier molecular flexibility index (Phi) is 4.96. The van der Waals surface area contributed by atoms with Crippen molar-refractivity contribution in [3.8, 4) is 0 Å². The van der Waals surface area contributed by atoms with Gasteiger partial charge in [-0.1, -0.05) is 13.8 Å². The molecule has 1 rings (SSSR count). The number of aliphatic hydroxyl groups excluding tert-OH is 1. The Hall–Kier alpha value is -0.380. The molecular weight excluding hydrogens is 218 g/mol. The van der Waals surface area contributed by atoms with E-state index in [2.05, 4.69) is 38.2 Å². The molecule has 1 aromatic heterocycles. The summed E-state index contributed by atoms with van der Waals surface area (Å²) in [5, 5.41) is 12.8. The van der Waals surface area contributed by atoms with E-state index in [-0.39, 0.29) is 11.5 Å². The molecule has 1 heterocycles. The molecule has 2 N–H and O–H groups in total. The molecule has 92 valence electrons. The molecule has 0 saturated carbocycles. The molecule has 0 saturated heterocycles. The molecule has 1 atom stereocenters. The number of aliphatic hydroxyl groups is 1. The molecule has 0 fully saturated rings. The third-order valence-electron chi connectivity index (χ3n) is 2.55. The number of aryl methyl sites for hydroxylation is 1. The molecular formula is C13H23NOS. The average Bonchev–Trinajstić information content (AvgIpc) is 2.48. The highest BCUT2D eigenvalue weighted by Gasteiger charge is 2.19. The Bertz CT molecular complexity index is 317. The molecule has 2 nitrogen and oxygen atoms in total. The summed E-state index contributed by atoms with van der Waals surface area (Å²) in [6.45, 7) is 10.2. The number of rotatable bonds is 6. The van der Waals surface area contributed by atoms with Gasteiger partial charge in [-0.25, -0.2) is 0 Å². The second-order valence-electron chi connectivity index (χ2n) is 5.33. The summed E-state index contributed by atoms with van der Waals surface area (Å²) < 4.78 is 0. The Morgan fingerprint density at radius 1 is 1.44 bits per heavy atom. The van der Waals surface area contributed by atoms with Gasteiger partial charge in [0.25, 0.3) is 0 Å². The first-order chi connectivity index (χ1) is 7.39. The van der Waals surface area contributed by atoms with Crippen LogP contribution >= 0.6 is 11.3 Å². The standard InChI is InChI=1S/C13H23NOS/c1-10(15)7-13(3,4)9-14-8-12-6-5-11(2)16-12/h5-6,10,14-15H,7-9H2,1-4H3. The van der Waals surface area contributed by atoms with E-state index in [1.807, 2.05) is 18.3 Å². The minimum absolute atomic E-state index is 0.153. The minimum atomic E-state index is -0.221. The largest absolute Gasteiger partial charge is 0.393 e. The van der Waals surface area contributed by atoms with E-state index >= 15 is 0 Å². The topological polar surface area (TPSA) is 32.3 Å². The molecule has 0 aromatic carbocycles. The molecule has 0 spiro atoms. The number of hydrogen-bond acceptors (Lipinski definition) is 3. The summed E-state index contributed by atoms with van der Waals surface area (Å²) >= 11 is 1.84. The maximum absolute atomic E-state index is 9.38. The predicted molar refractivity (Wildman–Crippen MR) is 70.8 cm³/mol. The second-order valence-corrected chi connectivity index (χ2v) is 6.71. The number of hydrogen-bond donors (Lipinski definition) is 2. The van der Waals surface area contributed by atoms with Gasteiger partial charge in [-0.05, 0) is 37.8 Å². The van der Waals surface area contributed by atoms with Gasteiger partial charge in [0.1, 0.15) is 0 Å². The van der Waals surface area contributed by atoms with Crippen LogP contribution in [0.15, 0.2) is 12.1 Å². The van der Waals surface area contributed by atoms with E-state index in [1.165, 1.54) is 9.75 Å². The van der Waals surface area contributed by atoms with Crippen LogP contribution in [0.3, 0.4) is 0 Å². The predicted octanol–water partition coefficient (Wildman–Crippen LogP) is 2.94. The van der Waals surface area contributed by atoms with Gasteiger partial charge in [0, 0.05) is 22.8 Å². The second kappa shape index (κ2) is 5.80. The quantitative estimate of drug-likeness (QED) is 0.802. The lowest BCUT2D eigenvalue weighted by atomic mass is 9.87. The third kappa shape index (κ3) is 5.10. The van der Waals surface area contributed by atoms with Crippen molar-refractivity contribution in [3.05, 3.63) is 21.9 Å². The third-order valence-corrected chi connectivity index (χ3v) is 3.55. The monoisotopic (exact) mass is 241 g/mol. The normalized spacial score (nSPS) is 14.1. The van der Waals surface area contributed by atoms with Crippen LogP contribution < -0.4 is 5.32 Å². The van der Waals surface area contributed by atoms with Crippen LogP contribution in [0, 0.1) is 12.3 Å². The van der Waals surface area contributed by atoms with Gasteiger partial charge in [-0.3, -0.25) is 0 Å². The molecule has 0 bridgehead atoms. The van der Waals surface area contributed by atoms with E-state index < -0.39 is 0 Å². The molecule has 1 aromatic rings. The molecule has 16 heavy (non-hydrogen) atoms. The van der Waals surface area contributed by atoms with Crippen molar-refractivity contribution < 1.29 is 5.11 Å². The van der Waals surface area contributed by atoms with Crippen molar-refractivity contribution in [1.29, 1.82) is 0 Å². The van der Waals surface area contributed by atoms with Crippen LogP contribution in [0.2, 0.25) is 0 Å². The van der Waals surface area contributed by atoms with Gasteiger partial charge < -0.3 is 10.4 Å². The molecule has 0 aliphatic rings. The Morgan fingerprint density at radius 2 is 2.12 bits per heavy atom. The van der Waals surface area contributed by atoms with Crippen LogP contribution in [0.4, 0.5) is 0 Å². The highest BCUT2D eigenvalue weighted by Crippen LogP contribution is 2.21. The SMILES string of the molecule is Cc1ccc(CNCC(C)(C)CC(C)O)s1. The molecule has 0 aliphatic carbocycles. The Labute approximate surface area is 103 Å². The molecule has 0 aliphatic heterocycles. The summed E-state index contributed by atoms with van der Waals surface area (Å²) in [5.74, 6) is 0. The molecule has 1 unspecified atom stereocenters. The highest BCUT2D eigenvalue weighted by atomic mass is 32.1. The molecule has 0 radical (unpaired) electrons. The fourth-order valence-electron chi connectivity index (χ4n) is 1.98. The van der Waals surface area contributed by atoms with Crippen LogP contribution in [-0.4, -0.2) is 17.8 Å². The Morgan fingerprint density at radius 3 is 2.62 bits per heavy atom. The highest BCUT2D eigenvalue weighted by molar-refractivity contribution is 7.11. The zero-order valence-corrected chi connectivity index (χ0v) is 11.5. The minimum Gasteiger partial charge on any atom is -0.393 e. The lowest BCUT2D eigenvalue weighted by Gasteiger charge is -2.26. The molecule has 3 heteroatoms. The lowest BCUT2D eigenvalue weighted by Crippen LogP contribution is -2.31. The van der Waals surface area contributed by atoms with E-state index in [9.17, 15) is 5.11 Å². The maximum atomic E-state index is 9.38. The van der Waals surface area contributed by atoms with Crippen molar-refractivity contribution in [1.82, 2.24) is 5.32 Å². The van der Waals surface area contributed by atoms with E-state index in [0.29, 0.717) is 0 Å². The van der Waals surface area contributed by atoms with Crippen molar-refractivity contribution >= 4 is 11.3 Å². The summed E-state index contributed by atoms with van der Waals surface area (Å²) in [6, 6.07) is 4.33. The average molecular weight is 241 g/mol. The fraction of sp³-hybridized carbons (Fsp3) is 0.692. The van der Waals surface area contributed by atoms with Crippen molar-refractivity contribution in [2.75, 3.05) is 6.54 Å². The summed E-state index contributed by atoms with van der Waals surface area (Å²) in [4.78, 5) is 2.74. The zero-order chi connectivity index (χ0) is 12.2. The van der Waals surface area contributed by atoms with E-state index in [0.717, 1.165) is 19.5 Å². The first-order valence-electron chi connectivity index (χ1n) is 5.83. The number of thiophene rings is 1. The van der Waals surface area contributed by atoms with Crippen LogP contribution in [0.5, 0.6) is 0 Å². The first kappa shape index (κ1) is 13.7. The van der Waals surface area contributed by atoms with Gasteiger partial charge in [0.15, 0.2) is 0 Å². The van der Waals surface area contributed by atoms with Gasteiger partial charge >= 0.3 is 0 Å². The van der Waals surface area contributed by atoms with Crippen LogP contribution in [0.25, 0.3) is 0 Å². The van der Waals surface area contributed by atoms with Gasteiger partial charge in [-0.15, -0.1) is 11.3 Å². The van der Waals surface area contributed by atoms with Gasteiger partial charge in [-0.2, -0.15) is 0 Å². The fourth-order valence-corrected chi connectivity index (χ4v) is 2.84. The summed E-state index contributed by atoms with van der Waals surface area (Å²) in [7, 11) is 0. The smallest absolute Gasteiger partial charge is 0.0517 e. The van der Waals surface area contributed by atoms with E-state index in [4.69, 9.17) is 0 Å². The van der Waals surface area contributed by atoms with Gasteiger partial charge in [0.2, 0.25) is 0 Å². The van der Waals surface area contributed by atoms with Crippen LogP contribution in [-0.2, 0) is 6.54 Å². The summed E-state index contributed by atoms with van der Waals surface area (Å²) in [6.07, 6.45) is 0.615. The van der Waals surface area contributed by atoms with Crippen molar-refractivity contribution in [2.24, 2.45) is 5.41 Å². The molecule has 0 amide bonds. The first-order valence-corrected chi connectivity index (χ1v) is 6.65. The van der Waals surface area contributed by atoms with Crippen molar-refractivity contribution in [3.63, 3.8) is 0 Å². The van der Waals surface area contributed by atoms with Gasteiger partial charge in [0.05, 0.1) is 6.10 Å². The maximum Gasteiger partial charge on any atom is 0.0517 e. The lowest BCUT2D eigenvalue weighted by molar-refractivity contribution is 0.128. The summed E-state index contributed by atoms with van der Waals surface area (Å²) in [5.41, 5.74) is 0.153. The van der Waals surface area contributed by atoms with Crippen molar-refractivity contribution in [2.45, 2.75) is 46.8 Å². The number of nitrogens with one attached hydrogen (secondary N) is 1.